The van der Waals surface area contributed by atoms with E-state index in [0.29, 0.717) is 11.2 Å². The second-order valence-electron chi connectivity index (χ2n) is 5.62. The van der Waals surface area contributed by atoms with Crippen LogP contribution >= 0.6 is 0 Å². The number of fused-ring (bicyclic) bond motifs is 1. The van der Waals surface area contributed by atoms with E-state index in [-0.39, 0.29) is 5.69 Å². The number of benzene rings is 1. The Kier molecular flexibility index (Phi) is 4.30. The summed E-state index contributed by atoms with van der Waals surface area (Å²) in [6.07, 6.45) is 1.29. The zero-order chi connectivity index (χ0) is 18.0. The lowest BCUT2D eigenvalue weighted by Crippen LogP contribution is -2.24. The third-order valence-electron chi connectivity index (χ3n) is 3.62. The number of nitrogens with one attached hydrogen (secondary N) is 1. The molecule has 0 aliphatic heterocycles. The van der Waals surface area contributed by atoms with Gasteiger partial charge in [-0.05, 0) is 31.2 Å². The van der Waals surface area contributed by atoms with E-state index in [1.165, 1.54) is 18.3 Å². The highest BCUT2D eigenvalue weighted by atomic mass is 16.4. The number of anilines is 1. The van der Waals surface area contributed by atoms with Gasteiger partial charge in [0.15, 0.2) is 0 Å². The third kappa shape index (κ3) is 3.72. The first-order chi connectivity index (χ1) is 11.9. The van der Waals surface area contributed by atoms with Crippen LogP contribution in [-0.2, 0) is 11.3 Å². The van der Waals surface area contributed by atoms with Crippen molar-refractivity contribution in [2.24, 2.45) is 0 Å². The summed E-state index contributed by atoms with van der Waals surface area (Å²) >= 11 is 0. The normalized spacial score (nSPS) is 10.6. The molecule has 0 saturated carbocycles. The van der Waals surface area contributed by atoms with Gasteiger partial charge in [-0.1, -0.05) is 17.7 Å². The molecule has 1 aromatic carbocycles. The van der Waals surface area contributed by atoms with Crippen LogP contribution in [0.25, 0.3) is 10.9 Å². The van der Waals surface area contributed by atoms with Gasteiger partial charge in [-0.3, -0.25) is 14.4 Å². The number of hydrogen-bond acceptors (Lipinski definition) is 4. The number of pyridine rings is 2. The predicted octanol–water partition coefficient (Wildman–Crippen LogP) is 2.04. The monoisotopic (exact) mass is 337 g/mol. The first-order valence-electron chi connectivity index (χ1n) is 7.53. The van der Waals surface area contributed by atoms with E-state index in [1.54, 1.807) is 6.07 Å². The Morgan fingerprint density at radius 2 is 1.96 bits per heavy atom. The predicted molar refractivity (Wildman–Crippen MR) is 92.8 cm³/mol. The molecule has 0 saturated heterocycles. The summed E-state index contributed by atoms with van der Waals surface area (Å²) in [5, 5.41) is 12.4. The van der Waals surface area contributed by atoms with Crippen LogP contribution in [-0.4, -0.2) is 26.5 Å². The lowest BCUT2D eigenvalue weighted by molar-refractivity contribution is -0.137. The van der Waals surface area contributed by atoms with Gasteiger partial charge in [0.2, 0.25) is 0 Å². The summed E-state index contributed by atoms with van der Waals surface area (Å²) in [7, 11) is 0. The van der Waals surface area contributed by atoms with E-state index < -0.39 is 24.0 Å². The smallest absolute Gasteiger partial charge is 0.323 e. The van der Waals surface area contributed by atoms with E-state index in [0.717, 1.165) is 15.5 Å². The lowest BCUT2D eigenvalue weighted by atomic mass is 10.1. The number of carboxylic acid groups (broad SMARTS) is 1. The van der Waals surface area contributed by atoms with Gasteiger partial charge in [-0.25, -0.2) is 4.98 Å². The van der Waals surface area contributed by atoms with Gasteiger partial charge < -0.3 is 15.0 Å². The molecular weight excluding hydrogens is 322 g/mol. The number of aliphatic carboxylic acids is 1. The van der Waals surface area contributed by atoms with Crippen molar-refractivity contribution in [2.75, 3.05) is 5.32 Å². The van der Waals surface area contributed by atoms with Crippen LogP contribution in [0, 0.1) is 6.92 Å². The van der Waals surface area contributed by atoms with Crippen LogP contribution in [0.3, 0.4) is 0 Å². The first kappa shape index (κ1) is 16.4. The summed E-state index contributed by atoms with van der Waals surface area (Å²) in [4.78, 5) is 39.1. The lowest BCUT2D eigenvalue weighted by Gasteiger charge is -2.08. The fourth-order valence-corrected chi connectivity index (χ4v) is 2.44. The van der Waals surface area contributed by atoms with E-state index in [9.17, 15) is 14.4 Å². The minimum absolute atomic E-state index is 0.229. The molecule has 0 aliphatic carbocycles. The largest absolute Gasteiger partial charge is 0.480 e. The highest BCUT2D eigenvalue weighted by Gasteiger charge is 2.10. The van der Waals surface area contributed by atoms with E-state index >= 15 is 0 Å². The topological polar surface area (TPSA) is 101 Å². The second-order valence-corrected chi connectivity index (χ2v) is 5.62. The Bertz CT molecular complexity index is 1040. The minimum atomic E-state index is -1.14. The molecule has 126 valence electrons. The van der Waals surface area contributed by atoms with Gasteiger partial charge in [0, 0.05) is 17.6 Å². The van der Waals surface area contributed by atoms with E-state index in [4.69, 9.17) is 5.11 Å². The molecule has 1 amide bonds. The summed E-state index contributed by atoms with van der Waals surface area (Å²) in [5.41, 5.74) is 1.89. The van der Waals surface area contributed by atoms with Crippen LogP contribution in [0.15, 0.2) is 53.5 Å². The van der Waals surface area contributed by atoms with Crippen molar-refractivity contribution in [3.8, 4) is 0 Å². The number of carboxylic acids is 1. The maximum atomic E-state index is 12.4. The maximum absolute atomic E-state index is 12.4. The summed E-state index contributed by atoms with van der Waals surface area (Å²) < 4.78 is 1.01. The van der Waals surface area contributed by atoms with Gasteiger partial charge in [0.1, 0.15) is 12.2 Å². The number of nitrogens with zero attached hydrogens (tertiary/aromatic N) is 2. The molecule has 7 heteroatoms. The maximum Gasteiger partial charge on any atom is 0.323 e. The van der Waals surface area contributed by atoms with Crippen molar-refractivity contribution < 1.29 is 14.7 Å². The molecule has 2 heterocycles. The van der Waals surface area contributed by atoms with Crippen LogP contribution in [0.1, 0.15) is 16.1 Å². The Morgan fingerprint density at radius 3 is 2.72 bits per heavy atom. The molecule has 0 atom stereocenters. The molecule has 0 spiro atoms. The van der Waals surface area contributed by atoms with Crippen molar-refractivity contribution in [3.05, 3.63) is 70.3 Å². The molecule has 0 unspecified atom stereocenters. The first-order valence-corrected chi connectivity index (χ1v) is 7.53. The zero-order valence-corrected chi connectivity index (χ0v) is 13.4. The fraction of sp³-hybridized carbons (Fsp3) is 0.111. The SMILES string of the molecule is Cc1ccc2nc(C(=O)Nc3ccc(=O)n(CC(=O)O)c3)ccc2c1. The number of amides is 1. The van der Waals surface area contributed by atoms with Crippen molar-refractivity contribution in [2.45, 2.75) is 13.5 Å². The van der Waals surface area contributed by atoms with Crippen LogP contribution < -0.4 is 10.9 Å². The molecule has 0 fully saturated rings. The molecule has 2 N–H and O–H groups in total. The quantitative estimate of drug-likeness (QED) is 0.758. The molecule has 7 nitrogen and oxygen atoms in total. The molecule has 2 aromatic heterocycles. The molecular formula is C18H15N3O4. The summed E-state index contributed by atoms with van der Waals surface area (Å²) in [6.45, 7) is 1.50. The molecule has 0 aliphatic rings. The average Bonchev–Trinajstić information content (AvgIpc) is 2.57. The molecule has 3 rings (SSSR count). The third-order valence-corrected chi connectivity index (χ3v) is 3.62. The number of hydrogen-bond donors (Lipinski definition) is 2. The number of carbonyl (C=O) groups excluding carboxylic acids is 1. The van der Waals surface area contributed by atoms with Crippen molar-refractivity contribution in [1.82, 2.24) is 9.55 Å². The van der Waals surface area contributed by atoms with Crippen LogP contribution in [0.2, 0.25) is 0 Å². The highest BCUT2D eigenvalue weighted by Crippen LogP contribution is 2.15. The Labute approximate surface area is 142 Å². The Balaban J connectivity index is 1.86. The summed E-state index contributed by atoms with van der Waals surface area (Å²) in [6, 6.07) is 11.8. The molecule has 25 heavy (non-hydrogen) atoms. The summed E-state index contributed by atoms with van der Waals surface area (Å²) in [5.74, 6) is -1.58. The molecule has 3 aromatic rings. The van der Waals surface area contributed by atoms with Gasteiger partial charge in [-0.2, -0.15) is 0 Å². The number of rotatable bonds is 4. The van der Waals surface area contributed by atoms with Crippen molar-refractivity contribution in [3.63, 3.8) is 0 Å². The number of aromatic nitrogens is 2. The van der Waals surface area contributed by atoms with Crippen molar-refractivity contribution >= 4 is 28.5 Å². The van der Waals surface area contributed by atoms with Gasteiger partial charge >= 0.3 is 5.97 Å². The van der Waals surface area contributed by atoms with E-state index in [1.807, 2.05) is 31.2 Å². The minimum Gasteiger partial charge on any atom is -0.480 e. The van der Waals surface area contributed by atoms with Crippen molar-refractivity contribution in [1.29, 1.82) is 0 Å². The molecule has 0 radical (unpaired) electrons. The Morgan fingerprint density at radius 1 is 1.16 bits per heavy atom. The highest BCUT2D eigenvalue weighted by molar-refractivity contribution is 6.04. The molecule has 0 bridgehead atoms. The van der Waals surface area contributed by atoms with Gasteiger partial charge in [0.05, 0.1) is 11.2 Å². The number of carbonyl (C=O) groups is 2. The number of aryl methyl sites for hydroxylation is 1. The zero-order valence-electron chi connectivity index (χ0n) is 13.4. The van der Waals surface area contributed by atoms with E-state index in [2.05, 4.69) is 10.3 Å². The van der Waals surface area contributed by atoms with Crippen LogP contribution in [0.4, 0.5) is 5.69 Å². The fourth-order valence-electron chi connectivity index (χ4n) is 2.44. The Hall–Kier alpha value is -3.48. The average molecular weight is 337 g/mol. The van der Waals surface area contributed by atoms with Gasteiger partial charge in [-0.15, -0.1) is 0 Å². The van der Waals surface area contributed by atoms with Gasteiger partial charge in [0.25, 0.3) is 11.5 Å². The standard InChI is InChI=1S/C18H15N3O4/c1-11-2-5-14-12(8-11)3-6-15(20-14)18(25)19-13-4-7-16(22)21(9-13)10-17(23)24/h2-9H,10H2,1H3,(H,19,25)(H,23,24). The van der Waals surface area contributed by atoms with Crippen LogP contribution in [0.5, 0.6) is 0 Å². The second kappa shape index (κ2) is 6.56.